The number of nitrogens with one attached hydrogen (secondary N) is 1. The number of amides is 1. The average Bonchev–Trinajstić information content (AvgIpc) is 3.00. The van der Waals surface area contributed by atoms with E-state index in [9.17, 15) is 14.4 Å². The number of ether oxygens (including phenoxy) is 4. The van der Waals surface area contributed by atoms with Crippen LogP contribution < -0.4 is 5.32 Å². The van der Waals surface area contributed by atoms with Gasteiger partial charge in [0.2, 0.25) is 6.04 Å². The molecule has 1 aromatic carbocycles. The molecule has 31 heavy (non-hydrogen) atoms. The normalized spacial score (nSPS) is 18.9. The number of benzene rings is 1. The van der Waals surface area contributed by atoms with Crippen LogP contribution in [0.2, 0.25) is 0 Å². The van der Waals surface area contributed by atoms with Gasteiger partial charge in [0.1, 0.15) is 17.9 Å². The summed E-state index contributed by atoms with van der Waals surface area (Å²) in [6.07, 6.45) is -0.539. The monoisotopic (exact) mass is 436 g/mol. The van der Waals surface area contributed by atoms with Gasteiger partial charge in [0.15, 0.2) is 0 Å². The molecule has 2 atom stereocenters. The number of hydrogen-bond acceptors (Lipinski definition) is 8. The minimum atomic E-state index is -1.34. The van der Waals surface area contributed by atoms with Crippen LogP contribution in [0.1, 0.15) is 40.2 Å². The van der Waals surface area contributed by atoms with Crippen LogP contribution in [0.3, 0.4) is 0 Å². The Labute approximate surface area is 183 Å². The van der Waals surface area contributed by atoms with Crippen molar-refractivity contribution in [3.05, 3.63) is 35.9 Å². The first kappa shape index (κ1) is 24.6. The van der Waals surface area contributed by atoms with Crippen LogP contribution in [0, 0.1) is 0 Å². The third kappa shape index (κ3) is 6.93. The molecule has 0 aliphatic carbocycles. The van der Waals surface area contributed by atoms with Crippen LogP contribution in [-0.4, -0.2) is 66.6 Å². The quantitative estimate of drug-likeness (QED) is 0.394. The first-order valence-electron chi connectivity index (χ1n) is 10.1. The Morgan fingerprint density at radius 3 is 2.42 bits per heavy atom. The van der Waals surface area contributed by atoms with Crippen LogP contribution >= 0.6 is 0 Å². The molecular formula is C22H32N2O7. The summed E-state index contributed by atoms with van der Waals surface area (Å²) in [6.45, 7) is 9.17. The summed E-state index contributed by atoms with van der Waals surface area (Å²) >= 11 is 0. The average molecular weight is 437 g/mol. The summed E-state index contributed by atoms with van der Waals surface area (Å²) in [4.78, 5) is 38.9. The van der Waals surface area contributed by atoms with Crippen LogP contribution in [0.25, 0.3) is 0 Å². The van der Waals surface area contributed by atoms with E-state index in [0.717, 1.165) is 5.56 Å². The standard InChI is InChI=1S/C22H32N2O7/c1-21(2,3)31-20(27)24-16(14-30-22(24,4)5)12-23-17(18(25)28-6)19(26)29-13-15-10-8-7-9-11-15/h7-11,16-17,23H,12-14H2,1-6H3. The van der Waals surface area contributed by atoms with Gasteiger partial charge in [-0.2, -0.15) is 0 Å². The second-order valence-corrected chi connectivity index (χ2v) is 8.72. The molecule has 9 heteroatoms. The predicted octanol–water partition coefficient (Wildman–Crippen LogP) is 2.23. The molecule has 1 aromatic rings. The van der Waals surface area contributed by atoms with Crippen molar-refractivity contribution in [2.75, 3.05) is 20.3 Å². The molecule has 1 aliphatic heterocycles. The number of methoxy groups -OCH3 is 1. The third-order valence-electron chi connectivity index (χ3n) is 4.62. The molecule has 2 rings (SSSR count). The lowest BCUT2D eigenvalue weighted by Crippen LogP contribution is -2.55. The first-order chi connectivity index (χ1) is 14.4. The van der Waals surface area contributed by atoms with Crippen molar-refractivity contribution in [3.8, 4) is 0 Å². The SMILES string of the molecule is COC(=O)C(NCC1COC(C)(C)N1C(=O)OC(C)(C)C)C(=O)OCc1ccccc1. The van der Waals surface area contributed by atoms with E-state index in [-0.39, 0.29) is 19.8 Å². The van der Waals surface area contributed by atoms with Gasteiger partial charge in [-0.15, -0.1) is 0 Å². The molecule has 0 bridgehead atoms. The maximum absolute atomic E-state index is 12.7. The molecule has 0 saturated carbocycles. The van der Waals surface area contributed by atoms with Gasteiger partial charge in [0.05, 0.1) is 19.8 Å². The van der Waals surface area contributed by atoms with Crippen LogP contribution in [0.5, 0.6) is 0 Å². The van der Waals surface area contributed by atoms with E-state index < -0.39 is 41.4 Å². The predicted molar refractivity (Wildman–Crippen MR) is 112 cm³/mol. The van der Waals surface area contributed by atoms with Crippen LogP contribution in [0.4, 0.5) is 4.79 Å². The molecule has 1 heterocycles. The Hall–Kier alpha value is -2.65. The summed E-state index contributed by atoms with van der Waals surface area (Å²) < 4.78 is 21.2. The molecule has 9 nitrogen and oxygen atoms in total. The number of nitrogens with zero attached hydrogens (tertiary/aromatic N) is 1. The maximum atomic E-state index is 12.7. The third-order valence-corrected chi connectivity index (χ3v) is 4.62. The highest BCUT2D eigenvalue weighted by molar-refractivity contribution is 5.99. The topological polar surface area (TPSA) is 103 Å². The Morgan fingerprint density at radius 2 is 1.84 bits per heavy atom. The van der Waals surface area contributed by atoms with Crippen molar-refractivity contribution in [2.24, 2.45) is 0 Å². The highest BCUT2D eigenvalue weighted by Gasteiger charge is 2.46. The van der Waals surface area contributed by atoms with Crippen molar-refractivity contribution in [1.29, 1.82) is 0 Å². The largest absolute Gasteiger partial charge is 0.467 e. The zero-order valence-corrected chi connectivity index (χ0v) is 19.0. The lowest BCUT2D eigenvalue weighted by Gasteiger charge is -2.35. The van der Waals surface area contributed by atoms with Crippen LogP contribution in [0.15, 0.2) is 30.3 Å². The molecule has 1 saturated heterocycles. The summed E-state index contributed by atoms with van der Waals surface area (Å²) in [5.74, 6) is -1.54. The van der Waals surface area contributed by atoms with Crippen molar-refractivity contribution in [3.63, 3.8) is 0 Å². The molecular weight excluding hydrogens is 404 g/mol. The van der Waals surface area contributed by atoms with Crippen LogP contribution in [-0.2, 0) is 35.1 Å². The molecule has 0 spiro atoms. The summed E-state index contributed by atoms with van der Waals surface area (Å²) in [7, 11) is 1.19. The van der Waals surface area contributed by atoms with Crippen molar-refractivity contribution in [2.45, 2.75) is 64.6 Å². The highest BCUT2D eigenvalue weighted by Crippen LogP contribution is 2.29. The fourth-order valence-electron chi connectivity index (χ4n) is 3.16. The molecule has 1 amide bonds. The van der Waals surface area contributed by atoms with Gasteiger partial charge in [0.25, 0.3) is 0 Å². The Kier molecular flexibility index (Phi) is 8.02. The molecule has 1 N–H and O–H groups in total. The van der Waals surface area contributed by atoms with Crippen molar-refractivity contribution in [1.82, 2.24) is 10.2 Å². The van der Waals surface area contributed by atoms with E-state index in [4.69, 9.17) is 18.9 Å². The summed E-state index contributed by atoms with van der Waals surface area (Å²) in [6, 6.07) is 7.33. The molecule has 172 valence electrons. The number of carbonyl (C=O) groups is 3. The van der Waals surface area contributed by atoms with Gasteiger partial charge in [-0.25, -0.2) is 14.4 Å². The zero-order chi connectivity index (χ0) is 23.2. The van der Waals surface area contributed by atoms with E-state index in [2.05, 4.69) is 5.32 Å². The lowest BCUT2D eigenvalue weighted by atomic mass is 10.2. The first-order valence-corrected chi connectivity index (χ1v) is 10.1. The number of esters is 2. The van der Waals surface area contributed by atoms with Crippen molar-refractivity contribution >= 4 is 18.0 Å². The fourth-order valence-corrected chi connectivity index (χ4v) is 3.16. The van der Waals surface area contributed by atoms with Crippen molar-refractivity contribution < 1.29 is 33.3 Å². The number of hydrogen-bond donors (Lipinski definition) is 1. The molecule has 2 unspecified atom stereocenters. The van der Waals surface area contributed by atoms with Gasteiger partial charge in [-0.3, -0.25) is 10.2 Å². The summed E-state index contributed by atoms with van der Waals surface area (Å²) in [5.41, 5.74) is -0.784. The zero-order valence-electron chi connectivity index (χ0n) is 19.0. The highest BCUT2D eigenvalue weighted by atomic mass is 16.6. The maximum Gasteiger partial charge on any atom is 0.412 e. The van der Waals surface area contributed by atoms with Gasteiger partial charge >= 0.3 is 18.0 Å². The molecule has 0 radical (unpaired) electrons. The van der Waals surface area contributed by atoms with E-state index in [0.29, 0.717) is 0 Å². The van der Waals surface area contributed by atoms with E-state index in [1.54, 1.807) is 34.6 Å². The number of carbonyl (C=O) groups excluding carboxylic acids is 3. The van der Waals surface area contributed by atoms with E-state index >= 15 is 0 Å². The molecule has 0 aromatic heterocycles. The summed E-state index contributed by atoms with van der Waals surface area (Å²) in [5, 5.41) is 2.86. The number of rotatable bonds is 7. The second-order valence-electron chi connectivity index (χ2n) is 8.72. The lowest BCUT2D eigenvalue weighted by molar-refractivity contribution is -0.157. The molecule has 1 fully saturated rings. The van der Waals surface area contributed by atoms with E-state index in [1.165, 1.54) is 12.0 Å². The Morgan fingerprint density at radius 1 is 1.19 bits per heavy atom. The second kappa shape index (κ2) is 10.1. The van der Waals surface area contributed by atoms with E-state index in [1.807, 2.05) is 30.3 Å². The Balaban J connectivity index is 2.04. The smallest absolute Gasteiger partial charge is 0.412 e. The van der Waals surface area contributed by atoms with Gasteiger partial charge in [-0.05, 0) is 40.2 Å². The van der Waals surface area contributed by atoms with Gasteiger partial charge in [-0.1, -0.05) is 30.3 Å². The Bertz CT molecular complexity index is 774. The minimum absolute atomic E-state index is 0.0262. The minimum Gasteiger partial charge on any atom is -0.467 e. The van der Waals surface area contributed by atoms with Gasteiger partial charge < -0.3 is 18.9 Å². The molecule has 1 aliphatic rings. The van der Waals surface area contributed by atoms with Gasteiger partial charge in [0, 0.05) is 6.54 Å². The fraction of sp³-hybridized carbons (Fsp3) is 0.591.